The van der Waals surface area contributed by atoms with Crippen molar-refractivity contribution in [3.8, 4) is 0 Å². The van der Waals surface area contributed by atoms with Crippen molar-refractivity contribution < 1.29 is 28.7 Å². The zero-order chi connectivity index (χ0) is 31.0. The van der Waals surface area contributed by atoms with E-state index >= 15 is 0 Å². The minimum Gasteiger partial charge on any atom is -0.460 e. The Bertz CT molecular complexity index is 1290. The van der Waals surface area contributed by atoms with Gasteiger partial charge < -0.3 is 31.1 Å². The largest absolute Gasteiger partial charge is 0.460 e. The van der Waals surface area contributed by atoms with Crippen LogP contribution in [0.1, 0.15) is 94.6 Å². The molecular weight excluding hydrogens is 530 g/mol. The third-order valence-electron chi connectivity index (χ3n) is 5.89. The van der Waals surface area contributed by atoms with Crippen LogP contribution < -0.4 is 22.3 Å². The smallest absolute Gasteiger partial charge is 0.329 e. The third-order valence-corrected chi connectivity index (χ3v) is 5.89. The zero-order valence-corrected chi connectivity index (χ0v) is 24.5. The van der Waals surface area contributed by atoms with Crippen LogP contribution in [0, 0.1) is 0 Å². The minimum atomic E-state index is -1.08. The lowest BCUT2D eigenvalue weighted by atomic mass is 9.89. The number of aromatic amines is 1. The van der Waals surface area contributed by atoms with Crippen LogP contribution in [-0.4, -0.2) is 51.3 Å². The molecular formula is C29H41N5O7. The summed E-state index contributed by atoms with van der Waals surface area (Å²) in [6.07, 6.45) is 1.58. The molecule has 0 aliphatic carbocycles. The molecule has 41 heavy (non-hydrogen) atoms. The Kier molecular flexibility index (Phi) is 11.2. The Balaban J connectivity index is 2.15. The van der Waals surface area contributed by atoms with Crippen LogP contribution in [0.5, 0.6) is 0 Å². The lowest BCUT2D eigenvalue weighted by Crippen LogP contribution is -2.44. The molecule has 1 heterocycles. The molecule has 6 N–H and O–H groups in total. The van der Waals surface area contributed by atoms with E-state index < -0.39 is 40.6 Å². The maximum absolute atomic E-state index is 13.1. The second-order valence-electron chi connectivity index (χ2n) is 11.8. The predicted molar refractivity (Wildman–Crippen MR) is 154 cm³/mol. The Morgan fingerprint density at radius 2 is 1.61 bits per heavy atom. The van der Waals surface area contributed by atoms with Crippen LogP contribution in [0.2, 0.25) is 0 Å². The number of carbonyl (C=O) groups excluding carboxylic acids is 4. The summed E-state index contributed by atoms with van der Waals surface area (Å²) in [4.78, 5) is 68.0. The third kappa shape index (κ3) is 11.1. The number of nitrogens with zero attached hydrogens (tertiary/aromatic N) is 1. The van der Waals surface area contributed by atoms with Crippen molar-refractivity contribution in [2.24, 2.45) is 0 Å². The molecule has 0 aliphatic rings. The van der Waals surface area contributed by atoms with Crippen LogP contribution in [-0.2, 0) is 30.3 Å². The van der Waals surface area contributed by atoms with Gasteiger partial charge in [0.05, 0.1) is 5.56 Å². The first-order valence-electron chi connectivity index (χ1n) is 13.4. The maximum atomic E-state index is 13.1. The number of ether oxygens (including phenoxy) is 2. The van der Waals surface area contributed by atoms with Crippen molar-refractivity contribution in [1.29, 1.82) is 0 Å². The normalized spacial score (nSPS) is 13.1. The number of H-pyrrole nitrogens is 1. The van der Waals surface area contributed by atoms with Gasteiger partial charge in [0.25, 0.3) is 11.5 Å². The monoisotopic (exact) mass is 571 g/mol. The molecule has 0 aliphatic heterocycles. The molecule has 0 bridgehead atoms. The fourth-order valence-electron chi connectivity index (χ4n) is 4.06. The zero-order valence-electron chi connectivity index (χ0n) is 24.5. The average Bonchev–Trinajstić information content (AvgIpc) is 2.83. The molecule has 1 aromatic carbocycles. The Labute approximate surface area is 239 Å². The van der Waals surface area contributed by atoms with Crippen molar-refractivity contribution in [3.05, 3.63) is 51.3 Å². The molecule has 0 fully saturated rings. The second kappa shape index (κ2) is 13.9. The number of nitrogen functional groups attached to an aromatic ring is 2. The highest BCUT2D eigenvalue weighted by atomic mass is 16.6. The van der Waals surface area contributed by atoms with Gasteiger partial charge in [-0.25, -0.2) is 4.79 Å². The minimum absolute atomic E-state index is 0.00266. The summed E-state index contributed by atoms with van der Waals surface area (Å²) in [7, 11) is 0. The first-order valence-corrected chi connectivity index (χ1v) is 13.4. The van der Waals surface area contributed by atoms with Gasteiger partial charge in [-0.15, -0.1) is 0 Å². The van der Waals surface area contributed by atoms with E-state index in [1.807, 2.05) is 0 Å². The number of carbonyl (C=O) groups is 4. The van der Waals surface area contributed by atoms with Gasteiger partial charge >= 0.3 is 11.9 Å². The molecule has 224 valence electrons. The van der Waals surface area contributed by atoms with Crippen molar-refractivity contribution in [1.82, 2.24) is 15.3 Å². The number of hydrogen-bond acceptors (Lipinski definition) is 10. The molecule has 0 saturated heterocycles. The molecule has 0 spiro atoms. The standard InChI is InChI=1S/C29H41N5O7/c1-28(2,3)40-22(36)14-13-21(26(39)41-29(4,5)6)32-24(37)19-9-7-17(8-10-19)18(15-16-35)11-12-20-23(30)33-27(31)34-25(20)38/h7-10,16,18,21H,11-15H2,1-6H3,(H,32,37)(H5,30,31,33,34,38)/t18?,21-/m1/s1. The molecule has 12 nitrogen and oxygen atoms in total. The number of nitrogens with one attached hydrogen (secondary N) is 2. The van der Waals surface area contributed by atoms with Gasteiger partial charge in [0.15, 0.2) is 0 Å². The topological polar surface area (TPSA) is 197 Å². The van der Waals surface area contributed by atoms with Crippen LogP contribution in [0.15, 0.2) is 29.1 Å². The Morgan fingerprint density at radius 3 is 2.15 bits per heavy atom. The number of anilines is 2. The quantitative estimate of drug-likeness (QED) is 0.217. The SMILES string of the molecule is CC(C)(C)OC(=O)CC[C@@H](NC(=O)c1ccc(C(CC=O)CCc2c(N)nc(N)[nH]c2=O)cc1)C(=O)OC(C)(C)C. The van der Waals surface area contributed by atoms with Gasteiger partial charge in [0, 0.05) is 18.4 Å². The van der Waals surface area contributed by atoms with E-state index in [9.17, 15) is 24.0 Å². The highest BCUT2D eigenvalue weighted by Crippen LogP contribution is 2.25. The van der Waals surface area contributed by atoms with Crippen LogP contribution in [0.25, 0.3) is 0 Å². The number of benzene rings is 1. The number of amides is 1. The Hall–Kier alpha value is -4.22. The molecule has 0 saturated carbocycles. The van der Waals surface area contributed by atoms with Crippen molar-refractivity contribution in [3.63, 3.8) is 0 Å². The van der Waals surface area contributed by atoms with E-state index in [4.69, 9.17) is 20.9 Å². The van der Waals surface area contributed by atoms with E-state index in [1.54, 1.807) is 65.8 Å². The molecule has 2 atom stereocenters. The lowest BCUT2D eigenvalue weighted by Gasteiger charge is -2.25. The first kappa shape index (κ1) is 33.0. The Morgan fingerprint density at radius 1 is 1.00 bits per heavy atom. The number of nitrogens with two attached hydrogens (primary N) is 2. The van der Waals surface area contributed by atoms with Gasteiger partial charge in [0.1, 0.15) is 29.3 Å². The number of aldehydes is 1. The molecule has 0 radical (unpaired) electrons. The maximum Gasteiger partial charge on any atom is 0.329 e. The molecule has 1 aromatic heterocycles. The summed E-state index contributed by atoms with van der Waals surface area (Å²) >= 11 is 0. The van der Waals surface area contributed by atoms with E-state index in [0.717, 1.165) is 11.8 Å². The number of esters is 2. The summed E-state index contributed by atoms with van der Waals surface area (Å²) in [6, 6.07) is 5.50. The second-order valence-corrected chi connectivity index (χ2v) is 11.8. The number of hydrogen-bond donors (Lipinski definition) is 4. The van der Waals surface area contributed by atoms with Crippen LogP contribution in [0.3, 0.4) is 0 Å². The highest BCUT2D eigenvalue weighted by Gasteiger charge is 2.29. The van der Waals surface area contributed by atoms with E-state index in [0.29, 0.717) is 6.42 Å². The molecule has 1 unspecified atom stereocenters. The number of rotatable bonds is 12. The number of aromatic nitrogens is 2. The molecule has 12 heteroatoms. The lowest BCUT2D eigenvalue weighted by molar-refractivity contribution is -0.158. The highest BCUT2D eigenvalue weighted by molar-refractivity contribution is 5.97. The van der Waals surface area contributed by atoms with Crippen LogP contribution >= 0.6 is 0 Å². The van der Waals surface area contributed by atoms with Gasteiger partial charge in [-0.3, -0.25) is 19.4 Å². The van der Waals surface area contributed by atoms with Crippen molar-refractivity contribution in [2.45, 2.75) is 96.8 Å². The van der Waals surface area contributed by atoms with Gasteiger partial charge in [0.2, 0.25) is 5.95 Å². The average molecular weight is 572 g/mol. The van der Waals surface area contributed by atoms with Gasteiger partial charge in [-0.05, 0) is 84.4 Å². The summed E-state index contributed by atoms with van der Waals surface area (Å²) in [5, 5.41) is 2.66. The summed E-state index contributed by atoms with van der Waals surface area (Å²) in [5.74, 6) is -1.98. The fraction of sp³-hybridized carbons (Fsp3) is 0.517. The van der Waals surface area contributed by atoms with Gasteiger partial charge in [-0.2, -0.15) is 4.98 Å². The summed E-state index contributed by atoms with van der Waals surface area (Å²) in [5.41, 5.74) is 10.8. The van der Waals surface area contributed by atoms with Crippen LogP contribution in [0.4, 0.5) is 11.8 Å². The fourth-order valence-corrected chi connectivity index (χ4v) is 4.06. The van der Waals surface area contributed by atoms with Crippen molar-refractivity contribution >= 4 is 35.9 Å². The molecule has 2 rings (SSSR count). The van der Waals surface area contributed by atoms with Gasteiger partial charge in [-0.1, -0.05) is 12.1 Å². The van der Waals surface area contributed by atoms with E-state index in [1.165, 1.54) is 0 Å². The summed E-state index contributed by atoms with van der Waals surface area (Å²) in [6.45, 7) is 10.4. The van der Waals surface area contributed by atoms with E-state index in [-0.39, 0.29) is 54.5 Å². The summed E-state index contributed by atoms with van der Waals surface area (Å²) < 4.78 is 10.8. The molecule has 1 amide bonds. The predicted octanol–water partition coefficient (Wildman–Crippen LogP) is 2.80. The van der Waals surface area contributed by atoms with Crippen molar-refractivity contribution in [2.75, 3.05) is 11.5 Å². The van der Waals surface area contributed by atoms with E-state index in [2.05, 4.69) is 15.3 Å². The molecule has 2 aromatic rings. The first-order chi connectivity index (χ1) is 19.0.